The Labute approximate surface area is 158 Å². The highest BCUT2D eigenvalue weighted by Crippen LogP contribution is 2.18. The minimum Gasteiger partial charge on any atom is -0.354 e. The molecule has 2 aromatic rings. The third kappa shape index (κ3) is 5.97. The number of hydrogen-bond acceptors (Lipinski definition) is 3. The molecule has 26 heavy (non-hydrogen) atoms. The number of carbonyl (C=O) groups excluding carboxylic acids is 1. The van der Waals surface area contributed by atoms with Crippen molar-refractivity contribution in [2.24, 2.45) is 0 Å². The number of amides is 1. The number of quaternary nitrogens is 1. The summed E-state index contributed by atoms with van der Waals surface area (Å²) >= 11 is 5.89. The monoisotopic (exact) mass is 377 g/mol. The van der Waals surface area contributed by atoms with E-state index >= 15 is 0 Å². The molecule has 0 saturated carbocycles. The molecule has 1 amide bonds. The maximum atomic E-state index is 12.1. The van der Waals surface area contributed by atoms with Crippen molar-refractivity contribution in [3.8, 4) is 11.3 Å². The molecule has 0 aliphatic carbocycles. The van der Waals surface area contributed by atoms with Crippen LogP contribution in [0.3, 0.4) is 0 Å². The molecule has 0 bridgehead atoms. The Morgan fingerprint density at radius 3 is 2.50 bits per heavy atom. The van der Waals surface area contributed by atoms with Gasteiger partial charge in [-0.1, -0.05) is 23.7 Å². The molecule has 0 aliphatic rings. The van der Waals surface area contributed by atoms with Gasteiger partial charge in [0, 0.05) is 29.6 Å². The molecular formula is C19H26ClN4O2+. The van der Waals surface area contributed by atoms with E-state index in [1.54, 1.807) is 18.2 Å². The molecule has 1 aromatic heterocycles. The minimum atomic E-state index is -0.301. The van der Waals surface area contributed by atoms with E-state index in [4.69, 9.17) is 11.6 Å². The third-order valence-electron chi connectivity index (χ3n) is 4.33. The van der Waals surface area contributed by atoms with Crippen LogP contribution in [0.4, 0.5) is 0 Å². The summed E-state index contributed by atoms with van der Waals surface area (Å²) in [5.41, 5.74) is 1.16. The highest BCUT2D eigenvalue weighted by molar-refractivity contribution is 6.30. The largest absolute Gasteiger partial charge is 0.354 e. The summed E-state index contributed by atoms with van der Waals surface area (Å²) in [6, 6.07) is 10.3. The molecule has 140 valence electrons. The Balaban J connectivity index is 1.94. The van der Waals surface area contributed by atoms with E-state index < -0.39 is 0 Å². The number of hydrogen-bond donors (Lipinski definition) is 2. The first-order valence-electron chi connectivity index (χ1n) is 8.97. The highest BCUT2D eigenvalue weighted by Gasteiger charge is 2.08. The molecule has 0 unspecified atom stereocenters. The van der Waals surface area contributed by atoms with Crippen LogP contribution in [0.5, 0.6) is 0 Å². The lowest BCUT2D eigenvalue weighted by atomic mass is 10.1. The second-order valence-electron chi connectivity index (χ2n) is 6.13. The number of carbonyl (C=O) groups is 1. The van der Waals surface area contributed by atoms with Crippen molar-refractivity contribution in [1.29, 1.82) is 0 Å². The fraction of sp³-hybridized carbons (Fsp3) is 0.421. The molecule has 0 aliphatic heterocycles. The molecule has 0 spiro atoms. The molecule has 6 nitrogen and oxygen atoms in total. The van der Waals surface area contributed by atoms with Crippen LogP contribution in [0.25, 0.3) is 11.3 Å². The van der Waals surface area contributed by atoms with E-state index in [1.165, 1.54) is 15.6 Å². The predicted octanol–water partition coefficient (Wildman–Crippen LogP) is 0.995. The van der Waals surface area contributed by atoms with Crippen LogP contribution in [0.2, 0.25) is 5.02 Å². The van der Waals surface area contributed by atoms with Gasteiger partial charge in [0.2, 0.25) is 5.91 Å². The zero-order valence-corrected chi connectivity index (χ0v) is 16.1. The lowest BCUT2D eigenvalue weighted by Crippen LogP contribution is -3.11. The van der Waals surface area contributed by atoms with Crippen molar-refractivity contribution in [2.75, 3.05) is 26.2 Å². The lowest BCUT2D eigenvalue weighted by molar-refractivity contribution is -0.896. The van der Waals surface area contributed by atoms with Gasteiger partial charge in [-0.2, -0.15) is 5.10 Å². The minimum absolute atomic E-state index is 0.0849. The third-order valence-corrected chi connectivity index (χ3v) is 4.58. The van der Waals surface area contributed by atoms with Gasteiger partial charge >= 0.3 is 0 Å². The molecule has 2 rings (SSSR count). The molecule has 1 aromatic carbocycles. The molecule has 0 fully saturated rings. The summed E-state index contributed by atoms with van der Waals surface area (Å²) in [5.74, 6) is -0.206. The quantitative estimate of drug-likeness (QED) is 0.640. The van der Waals surface area contributed by atoms with Crippen molar-refractivity contribution < 1.29 is 9.69 Å². The zero-order valence-electron chi connectivity index (χ0n) is 15.3. The lowest BCUT2D eigenvalue weighted by Gasteiger charge is -2.15. The summed E-state index contributed by atoms with van der Waals surface area (Å²) in [6.07, 6.45) is 0.913. The Morgan fingerprint density at radius 2 is 1.85 bits per heavy atom. The predicted molar refractivity (Wildman–Crippen MR) is 103 cm³/mol. The van der Waals surface area contributed by atoms with Crippen molar-refractivity contribution in [3.05, 3.63) is 51.8 Å². The molecule has 2 N–H and O–H groups in total. The van der Waals surface area contributed by atoms with Gasteiger partial charge in [0.25, 0.3) is 5.56 Å². The van der Waals surface area contributed by atoms with Gasteiger partial charge in [0.05, 0.1) is 25.3 Å². The van der Waals surface area contributed by atoms with Gasteiger partial charge in [-0.3, -0.25) is 9.59 Å². The maximum Gasteiger partial charge on any atom is 0.267 e. The van der Waals surface area contributed by atoms with E-state index in [0.29, 0.717) is 17.3 Å². The Hall–Kier alpha value is -2.18. The van der Waals surface area contributed by atoms with Crippen molar-refractivity contribution in [1.82, 2.24) is 15.1 Å². The van der Waals surface area contributed by atoms with Crippen LogP contribution in [0, 0.1) is 0 Å². The van der Waals surface area contributed by atoms with Crippen LogP contribution in [-0.2, 0) is 11.3 Å². The smallest absolute Gasteiger partial charge is 0.267 e. The molecule has 0 radical (unpaired) electrons. The summed E-state index contributed by atoms with van der Waals surface area (Å²) in [5, 5.41) is 7.78. The van der Waals surface area contributed by atoms with Crippen LogP contribution in [0.1, 0.15) is 20.3 Å². The van der Waals surface area contributed by atoms with Gasteiger partial charge < -0.3 is 10.2 Å². The SMILES string of the molecule is CC[NH+](CC)CCCNC(=O)Cn1nc(-c2ccc(Cl)cc2)ccc1=O. The number of rotatable bonds is 9. The van der Waals surface area contributed by atoms with Crippen molar-refractivity contribution in [3.63, 3.8) is 0 Å². The van der Waals surface area contributed by atoms with E-state index in [2.05, 4.69) is 24.3 Å². The number of aromatic nitrogens is 2. The Bertz CT molecular complexity index is 770. The number of nitrogens with one attached hydrogen (secondary N) is 2. The second kappa shape index (κ2) is 10.1. The zero-order chi connectivity index (χ0) is 18.9. The van der Waals surface area contributed by atoms with Gasteiger partial charge in [-0.15, -0.1) is 0 Å². The van der Waals surface area contributed by atoms with E-state index in [1.807, 2.05) is 12.1 Å². The number of benzene rings is 1. The molecule has 0 saturated heterocycles. The second-order valence-corrected chi connectivity index (χ2v) is 6.57. The first-order valence-corrected chi connectivity index (χ1v) is 9.35. The topological polar surface area (TPSA) is 68.4 Å². The van der Waals surface area contributed by atoms with Crippen molar-refractivity contribution >= 4 is 17.5 Å². The van der Waals surface area contributed by atoms with Crippen molar-refractivity contribution in [2.45, 2.75) is 26.8 Å². The van der Waals surface area contributed by atoms with Gasteiger partial charge in [0.1, 0.15) is 6.54 Å². The maximum absolute atomic E-state index is 12.1. The average Bonchev–Trinajstić information content (AvgIpc) is 2.64. The molecule has 0 atom stereocenters. The van der Waals surface area contributed by atoms with Crippen LogP contribution >= 0.6 is 11.6 Å². The van der Waals surface area contributed by atoms with E-state index in [9.17, 15) is 9.59 Å². The van der Waals surface area contributed by atoms with Gasteiger partial charge in [-0.25, -0.2) is 4.68 Å². The summed E-state index contributed by atoms with van der Waals surface area (Å²) in [6.45, 7) is 8.03. The van der Waals surface area contributed by atoms with E-state index in [-0.39, 0.29) is 18.0 Å². The summed E-state index contributed by atoms with van der Waals surface area (Å²) in [7, 11) is 0. The van der Waals surface area contributed by atoms with Crippen LogP contribution in [0.15, 0.2) is 41.2 Å². The van der Waals surface area contributed by atoms with Gasteiger partial charge in [-0.05, 0) is 32.0 Å². The molecule has 7 heteroatoms. The summed E-state index contributed by atoms with van der Waals surface area (Å²) < 4.78 is 1.19. The standard InChI is InChI=1S/C19H25ClN4O2/c1-3-23(4-2)13-5-12-21-18(25)14-24-19(26)11-10-17(22-24)15-6-8-16(20)9-7-15/h6-11H,3-5,12-14H2,1-2H3,(H,21,25)/p+1. The van der Waals surface area contributed by atoms with Gasteiger partial charge in [0.15, 0.2) is 0 Å². The van der Waals surface area contributed by atoms with E-state index in [0.717, 1.165) is 31.6 Å². The highest BCUT2D eigenvalue weighted by atomic mass is 35.5. The Kier molecular flexibility index (Phi) is 7.81. The Morgan fingerprint density at radius 1 is 1.15 bits per heavy atom. The fourth-order valence-electron chi connectivity index (χ4n) is 2.70. The first-order chi connectivity index (χ1) is 12.5. The van der Waals surface area contributed by atoms with Crippen LogP contribution in [-0.4, -0.2) is 41.9 Å². The number of nitrogens with zero attached hydrogens (tertiary/aromatic N) is 2. The normalized spacial score (nSPS) is 10.9. The average molecular weight is 378 g/mol. The van der Waals surface area contributed by atoms with Crippen LogP contribution < -0.4 is 15.8 Å². The molecular weight excluding hydrogens is 352 g/mol. The first kappa shape index (κ1) is 20.1. The summed E-state index contributed by atoms with van der Waals surface area (Å²) in [4.78, 5) is 25.6. The number of halogens is 1. The fourth-order valence-corrected chi connectivity index (χ4v) is 2.82. The molecule has 1 heterocycles.